The molecule has 3 aliphatic rings. The number of amides is 1. The third-order valence-electron chi connectivity index (χ3n) is 8.83. The number of benzene rings is 3. The average molecular weight is 451 g/mol. The van der Waals surface area contributed by atoms with E-state index in [0.717, 1.165) is 29.2 Å². The standard InChI is InChI=1S/C31H34N2O/c1-21-29-19-25-10-11-26(18-28(25)31(21,2)16-17-33(29)20-22-8-9-22)30(34)32-27-14-12-24(13-15-27)23-6-4-3-5-7-23/h3-7,10-15,18,21-22,29H,8-9,16-17,19-20H2,1-2H3,(H,32,34)/t21-,29?,31-/m0/s1. The Morgan fingerprint density at radius 2 is 1.74 bits per heavy atom. The number of carbonyl (C=O) groups is 1. The van der Waals surface area contributed by atoms with Crippen LogP contribution in [0.5, 0.6) is 0 Å². The molecule has 2 fully saturated rings. The van der Waals surface area contributed by atoms with Gasteiger partial charge in [0.1, 0.15) is 0 Å². The van der Waals surface area contributed by atoms with Crippen LogP contribution in [0, 0.1) is 11.8 Å². The summed E-state index contributed by atoms with van der Waals surface area (Å²) in [5, 5.41) is 3.11. The van der Waals surface area contributed by atoms with Gasteiger partial charge >= 0.3 is 0 Å². The van der Waals surface area contributed by atoms with Crippen LogP contribution in [0.15, 0.2) is 72.8 Å². The van der Waals surface area contributed by atoms with E-state index in [4.69, 9.17) is 0 Å². The molecule has 1 aliphatic heterocycles. The molecule has 6 rings (SSSR count). The van der Waals surface area contributed by atoms with E-state index in [2.05, 4.69) is 60.5 Å². The zero-order valence-electron chi connectivity index (χ0n) is 20.3. The topological polar surface area (TPSA) is 32.3 Å². The molecule has 0 radical (unpaired) electrons. The van der Waals surface area contributed by atoms with Gasteiger partial charge in [-0.25, -0.2) is 0 Å². The zero-order valence-corrected chi connectivity index (χ0v) is 20.3. The predicted molar refractivity (Wildman–Crippen MR) is 139 cm³/mol. The smallest absolute Gasteiger partial charge is 0.255 e. The van der Waals surface area contributed by atoms with Gasteiger partial charge in [-0.2, -0.15) is 0 Å². The van der Waals surface area contributed by atoms with E-state index in [0.29, 0.717) is 12.0 Å². The normalized spacial score (nSPS) is 26.1. The second-order valence-corrected chi connectivity index (χ2v) is 10.9. The second kappa shape index (κ2) is 8.39. The molecule has 1 heterocycles. The van der Waals surface area contributed by atoms with E-state index in [9.17, 15) is 4.79 Å². The van der Waals surface area contributed by atoms with Gasteiger partial charge in [-0.05, 0) is 96.0 Å². The molecule has 3 aromatic carbocycles. The first-order valence-electron chi connectivity index (χ1n) is 12.9. The number of nitrogens with one attached hydrogen (secondary N) is 1. The number of piperidine rings is 1. The van der Waals surface area contributed by atoms with Crippen LogP contribution in [0.1, 0.15) is 54.6 Å². The van der Waals surface area contributed by atoms with Crippen molar-refractivity contribution < 1.29 is 4.79 Å². The minimum Gasteiger partial charge on any atom is -0.322 e. The number of fused-ring (bicyclic) bond motifs is 4. The first kappa shape index (κ1) is 21.6. The largest absolute Gasteiger partial charge is 0.322 e. The molecular formula is C31H34N2O. The maximum Gasteiger partial charge on any atom is 0.255 e. The van der Waals surface area contributed by atoms with Gasteiger partial charge in [0, 0.05) is 23.8 Å². The molecule has 1 unspecified atom stereocenters. The molecule has 2 bridgehead atoms. The molecule has 2 aliphatic carbocycles. The SMILES string of the molecule is C[C@H]1C2Cc3ccc(C(=O)Nc4ccc(-c5ccccc5)cc4)cc3[C@@]1(C)CCN2CC1CC1. The Labute approximate surface area is 203 Å². The summed E-state index contributed by atoms with van der Waals surface area (Å²) in [6.45, 7) is 7.34. The van der Waals surface area contributed by atoms with Crippen LogP contribution in [-0.4, -0.2) is 29.9 Å². The summed E-state index contributed by atoms with van der Waals surface area (Å²) < 4.78 is 0. The van der Waals surface area contributed by atoms with E-state index in [-0.39, 0.29) is 11.3 Å². The molecule has 3 atom stereocenters. The van der Waals surface area contributed by atoms with Gasteiger partial charge in [-0.15, -0.1) is 0 Å². The van der Waals surface area contributed by atoms with Crippen molar-refractivity contribution in [1.82, 2.24) is 4.90 Å². The minimum absolute atomic E-state index is 0.0280. The summed E-state index contributed by atoms with van der Waals surface area (Å²) in [6.07, 6.45) is 5.12. The van der Waals surface area contributed by atoms with Gasteiger partial charge in [0.2, 0.25) is 0 Å². The number of carbonyl (C=O) groups excluding carboxylic acids is 1. The van der Waals surface area contributed by atoms with E-state index in [1.807, 2.05) is 36.4 Å². The highest BCUT2D eigenvalue weighted by Crippen LogP contribution is 2.49. The molecule has 1 amide bonds. The summed E-state index contributed by atoms with van der Waals surface area (Å²) in [6, 6.07) is 25.5. The maximum atomic E-state index is 13.2. The number of hydrogen-bond acceptors (Lipinski definition) is 2. The lowest BCUT2D eigenvalue weighted by Crippen LogP contribution is -2.58. The van der Waals surface area contributed by atoms with Crippen LogP contribution in [0.2, 0.25) is 0 Å². The van der Waals surface area contributed by atoms with Gasteiger partial charge in [-0.1, -0.05) is 62.4 Å². The fraction of sp³-hybridized carbons (Fsp3) is 0.387. The third-order valence-corrected chi connectivity index (χ3v) is 8.83. The van der Waals surface area contributed by atoms with Crippen LogP contribution < -0.4 is 5.32 Å². The van der Waals surface area contributed by atoms with Crippen molar-refractivity contribution in [3.05, 3.63) is 89.5 Å². The molecule has 34 heavy (non-hydrogen) atoms. The van der Waals surface area contributed by atoms with Crippen LogP contribution >= 0.6 is 0 Å². The summed E-state index contributed by atoms with van der Waals surface area (Å²) in [5.74, 6) is 1.52. The summed E-state index contributed by atoms with van der Waals surface area (Å²) >= 11 is 0. The molecule has 1 saturated carbocycles. The summed E-state index contributed by atoms with van der Waals surface area (Å²) in [7, 11) is 0. The van der Waals surface area contributed by atoms with Gasteiger partial charge in [0.05, 0.1) is 0 Å². The molecule has 174 valence electrons. The molecule has 3 nitrogen and oxygen atoms in total. The molecule has 1 saturated heterocycles. The molecule has 3 aromatic rings. The number of nitrogens with zero attached hydrogens (tertiary/aromatic N) is 1. The minimum atomic E-state index is -0.0280. The first-order valence-corrected chi connectivity index (χ1v) is 12.9. The van der Waals surface area contributed by atoms with Crippen LogP contribution in [0.3, 0.4) is 0 Å². The lowest BCUT2D eigenvalue weighted by Gasteiger charge is -2.55. The van der Waals surface area contributed by atoms with E-state index >= 15 is 0 Å². The number of likely N-dealkylation sites (tertiary alicyclic amines) is 1. The monoisotopic (exact) mass is 450 g/mol. The van der Waals surface area contributed by atoms with Crippen molar-refractivity contribution in [3.8, 4) is 11.1 Å². The van der Waals surface area contributed by atoms with Gasteiger partial charge < -0.3 is 5.32 Å². The Kier molecular flexibility index (Phi) is 5.33. The number of hydrogen-bond donors (Lipinski definition) is 1. The van der Waals surface area contributed by atoms with Crippen molar-refractivity contribution in [2.45, 2.75) is 51.0 Å². The molecular weight excluding hydrogens is 416 g/mol. The van der Waals surface area contributed by atoms with E-state index < -0.39 is 0 Å². The van der Waals surface area contributed by atoms with Crippen molar-refractivity contribution in [3.63, 3.8) is 0 Å². The van der Waals surface area contributed by atoms with Crippen molar-refractivity contribution >= 4 is 11.6 Å². The highest BCUT2D eigenvalue weighted by Gasteiger charge is 2.49. The lowest BCUT2D eigenvalue weighted by atomic mass is 9.59. The van der Waals surface area contributed by atoms with Crippen molar-refractivity contribution in [2.75, 3.05) is 18.4 Å². The van der Waals surface area contributed by atoms with E-state index in [1.165, 1.54) is 49.0 Å². The quantitative estimate of drug-likeness (QED) is 0.479. The Hall–Kier alpha value is -2.91. The highest BCUT2D eigenvalue weighted by molar-refractivity contribution is 6.04. The second-order valence-electron chi connectivity index (χ2n) is 10.9. The Balaban J connectivity index is 1.21. The molecule has 0 spiro atoms. The highest BCUT2D eigenvalue weighted by atomic mass is 16.1. The van der Waals surface area contributed by atoms with Gasteiger partial charge in [0.25, 0.3) is 5.91 Å². The summed E-state index contributed by atoms with van der Waals surface area (Å²) in [5.41, 5.74) is 6.90. The van der Waals surface area contributed by atoms with Crippen molar-refractivity contribution in [1.29, 1.82) is 0 Å². The van der Waals surface area contributed by atoms with Crippen LogP contribution in [-0.2, 0) is 11.8 Å². The average Bonchev–Trinajstić information content (AvgIpc) is 3.68. The maximum absolute atomic E-state index is 13.2. The molecule has 0 aromatic heterocycles. The lowest BCUT2D eigenvalue weighted by molar-refractivity contribution is 0.0284. The van der Waals surface area contributed by atoms with Gasteiger partial charge in [-0.3, -0.25) is 9.69 Å². The number of rotatable bonds is 5. The molecule has 3 heteroatoms. The fourth-order valence-corrected chi connectivity index (χ4v) is 6.29. The predicted octanol–water partition coefficient (Wildman–Crippen LogP) is 6.54. The van der Waals surface area contributed by atoms with Crippen molar-refractivity contribution in [2.24, 2.45) is 11.8 Å². The molecule has 1 N–H and O–H groups in total. The third kappa shape index (κ3) is 3.86. The summed E-state index contributed by atoms with van der Waals surface area (Å²) in [4.78, 5) is 15.9. The Morgan fingerprint density at radius 1 is 1.00 bits per heavy atom. The first-order chi connectivity index (χ1) is 16.5. The van der Waals surface area contributed by atoms with Gasteiger partial charge in [0.15, 0.2) is 0 Å². The Morgan fingerprint density at radius 3 is 2.47 bits per heavy atom. The van der Waals surface area contributed by atoms with Crippen LogP contribution in [0.25, 0.3) is 11.1 Å². The number of anilines is 1. The Bertz CT molecular complexity index is 1200. The fourth-order valence-electron chi connectivity index (χ4n) is 6.29. The van der Waals surface area contributed by atoms with E-state index in [1.54, 1.807) is 0 Å². The zero-order chi connectivity index (χ0) is 23.3. The van der Waals surface area contributed by atoms with Crippen LogP contribution in [0.4, 0.5) is 5.69 Å².